The Kier molecular flexibility index (Phi) is 2.90. The molecular formula is C8H7ClN4S. The molecule has 2 heterocycles. The van der Waals surface area contributed by atoms with E-state index >= 15 is 0 Å². The van der Waals surface area contributed by atoms with E-state index in [9.17, 15) is 0 Å². The first-order chi connectivity index (χ1) is 6.86. The molecule has 2 aromatic heterocycles. The van der Waals surface area contributed by atoms with E-state index in [2.05, 4.69) is 20.3 Å². The van der Waals surface area contributed by atoms with Crippen LogP contribution in [-0.2, 0) is 6.54 Å². The Bertz CT molecular complexity index is 403. The first-order valence-corrected chi connectivity index (χ1v) is 5.25. The van der Waals surface area contributed by atoms with Crippen LogP contribution in [0.1, 0.15) is 5.69 Å². The quantitative estimate of drug-likeness (QED) is 0.872. The number of thiazole rings is 1. The van der Waals surface area contributed by atoms with Crippen molar-refractivity contribution >= 4 is 28.8 Å². The summed E-state index contributed by atoms with van der Waals surface area (Å²) in [5, 5.41) is 5.57. The van der Waals surface area contributed by atoms with Gasteiger partial charge in [-0.05, 0) is 0 Å². The highest BCUT2D eigenvalue weighted by Crippen LogP contribution is 2.16. The molecule has 2 aromatic rings. The highest BCUT2D eigenvalue weighted by molar-refractivity contribution is 7.07. The first-order valence-electron chi connectivity index (χ1n) is 3.92. The summed E-state index contributed by atoms with van der Waals surface area (Å²) in [6, 6.07) is 0. The van der Waals surface area contributed by atoms with Crippen LogP contribution in [0.4, 0.5) is 5.82 Å². The summed E-state index contributed by atoms with van der Waals surface area (Å²) < 4.78 is 0. The zero-order chi connectivity index (χ0) is 9.80. The second kappa shape index (κ2) is 4.34. The third-order valence-corrected chi connectivity index (χ3v) is 2.50. The molecule has 0 amide bonds. The topological polar surface area (TPSA) is 50.7 Å². The lowest BCUT2D eigenvalue weighted by molar-refractivity contribution is 1.04. The fourth-order valence-corrected chi connectivity index (χ4v) is 1.67. The van der Waals surface area contributed by atoms with Gasteiger partial charge in [0.15, 0.2) is 0 Å². The second-order valence-electron chi connectivity index (χ2n) is 2.55. The molecule has 72 valence electrons. The van der Waals surface area contributed by atoms with Crippen LogP contribution in [-0.4, -0.2) is 15.0 Å². The van der Waals surface area contributed by atoms with Crippen molar-refractivity contribution in [3.05, 3.63) is 34.1 Å². The predicted molar refractivity (Wildman–Crippen MR) is 56.5 cm³/mol. The van der Waals surface area contributed by atoms with E-state index in [1.165, 1.54) is 6.33 Å². The van der Waals surface area contributed by atoms with E-state index in [1.807, 2.05) is 5.38 Å². The van der Waals surface area contributed by atoms with Crippen LogP contribution >= 0.6 is 22.9 Å². The smallest absolute Gasteiger partial charge is 0.148 e. The number of rotatable bonds is 3. The number of halogens is 1. The number of anilines is 1. The van der Waals surface area contributed by atoms with E-state index in [1.54, 1.807) is 23.0 Å². The molecule has 6 heteroatoms. The van der Waals surface area contributed by atoms with Crippen LogP contribution in [0, 0.1) is 0 Å². The molecule has 0 saturated heterocycles. The number of aromatic nitrogens is 3. The largest absolute Gasteiger partial charge is 0.363 e. The molecule has 0 radical (unpaired) electrons. The third kappa shape index (κ3) is 2.18. The summed E-state index contributed by atoms with van der Waals surface area (Å²) in [5.74, 6) is 0.634. The molecule has 0 fully saturated rings. The van der Waals surface area contributed by atoms with E-state index in [0.717, 1.165) is 5.69 Å². The van der Waals surface area contributed by atoms with Crippen molar-refractivity contribution in [3.8, 4) is 0 Å². The number of hydrogen-bond acceptors (Lipinski definition) is 5. The van der Waals surface area contributed by atoms with Crippen LogP contribution in [0.25, 0.3) is 0 Å². The van der Waals surface area contributed by atoms with Gasteiger partial charge in [-0.15, -0.1) is 11.3 Å². The average Bonchev–Trinajstić information content (AvgIpc) is 2.69. The molecule has 0 atom stereocenters. The van der Waals surface area contributed by atoms with Gasteiger partial charge in [0, 0.05) is 5.38 Å². The predicted octanol–water partition coefficient (Wildman–Crippen LogP) is 2.20. The molecule has 0 unspecified atom stereocenters. The van der Waals surface area contributed by atoms with Crippen molar-refractivity contribution < 1.29 is 0 Å². The van der Waals surface area contributed by atoms with Crippen LogP contribution in [0.3, 0.4) is 0 Å². The summed E-state index contributed by atoms with van der Waals surface area (Å²) in [5.41, 5.74) is 2.77. The van der Waals surface area contributed by atoms with Gasteiger partial charge in [-0.1, -0.05) is 11.6 Å². The Hall–Kier alpha value is -1.20. The third-order valence-electron chi connectivity index (χ3n) is 1.59. The van der Waals surface area contributed by atoms with Crippen LogP contribution in [0.15, 0.2) is 23.4 Å². The summed E-state index contributed by atoms with van der Waals surface area (Å²) in [7, 11) is 0. The molecule has 0 aromatic carbocycles. The van der Waals surface area contributed by atoms with E-state index < -0.39 is 0 Å². The van der Waals surface area contributed by atoms with Crippen molar-refractivity contribution in [2.24, 2.45) is 0 Å². The minimum absolute atomic E-state index is 0.516. The molecular weight excluding hydrogens is 220 g/mol. The average molecular weight is 227 g/mol. The fraction of sp³-hybridized carbons (Fsp3) is 0.125. The number of hydrogen-bond donors (Lipinski definition) is 1. The minimum Gasteiger partial charge on any atom is -0.363 e. The molecule has 14 heavy (non-hydrogen) atoms. The second-order valence-corrected chi connectivity index (χ2v) is 3.68. The fourth-order valence-electron chi connectivity index (χ4n) is 0.942. The molecule has 0 aliphatic heterocycles. The maximum Gasteiger partial charge on any atom is 0.148 e. The maximum atomic E-state index is 5.86. The highest BCUT2D eigenvalue weighted by Gasteiger charge is 2.00. The van der Waals surface area contributed by atoms with Gasteiger partial charge in [0.05, 0.1) is 23.9 Å². The van der Waals surface area contributed by atoms with Crippen LogP contribution in [0.2, 0.25) is 5.02 Å². The lowest BCUT2D eigenvalue weighted by Crippen LogP contribution is -2.02. The Morgan fingerprint density at radius 1 is 1.43 bits per heavy atom. The minimum atomic E-state index is 0.516. The van der Waals surface area contributed by atoms with Crippen LogP contribution in [0.5, 0.6) is 0 Å². The van der Waals surface area contributed by atoms with Gasteiger partial charge in [0.2, 0.25) is 0 Å². The molecule has 0 bridgehead atoms. The monoisotopic (exact) mass is 226 g/mol. The van der Waals surface area contributed by atoms with Gasteiger partial charge in [-0.25, -0.2) is 15.0 Å². The maximum absolute atomic E-state index is 5.86. The van der Waals surface area contributed by atoms with Crippen molar-refractivity contribution in [1.29, 1.82) is 0 Å². The molecule has 0 aliphatic rings. The van der Waals surface area contributed by atoms with E-state index in [4.69, 9.17) is 11.6 Å². The number of nitrogens with zero attached hydrogens (tertiary/aromatic N) is 3. The van der Waals surface area contributed by atoms with Crippen molar-refractivity contribution in [2.45, 2.75) is 6.54 Å². The van der Waals surface area contributed by atoms with Gasteiger partial charge >= 0.3 is 0 Å². The molecule has 2 rings (SSSR count). The van der Waals surface area contributed by atoms with Crippen molar-refractivity contribution in [3.63, 3.8) is 0 Å². The summed E-state index contributed by atoms with van der Waals surface area (Å²) in [4.78, 5) is 11.9. The lowest BCUT2D eigenvalue weighted by atomic mass is 10.4. The van der Waals surface area contributed by atoms with Crippen molar-refractivity contribution in [2.75, 3.05) is 5.32 Å². The normalized spacial score (nSPS) is 10.1. The lowest BCUT2D eigenvalue weighted by Gasteiger charge is -2.03. The van der Waals surface area contributed by atoms with Gasteiger partial charge in [-0.3, -0.25) is 0 Å². The molecule has 0 spiro atoms. The van der Waals surface area contributed by atoms with Gasteiger partial charge in [0.1, 0.15) is 17.2 Å². The van der Waals surface area contributed by atoms with E-state index in [0.29, 0.717) is 17.4 Å². The zero-order valence-corrected chi connectivity index (χ0v) is 8.72. The van der Waals surface area contributed by atoms with Gasteiger partial charge in [-0.2, -0.15) is 0 Å². The SMILES string of the molecule is Clc1cncnc1NCc1cscn1. The number of nitrogens with one attached hydrogen (secondary N) is 1. The summed E-state index contributed by atoms with van der Waals surface area (Å²) >= 11 is 7.42. The van der Waals surface area contributed by atoms with Gasteiger partial charge in [0.25, 0.3) is 0 Å². The van der Waals surface area contributed by atoms with Gasteiger partial charge < -0.3 is 5.32 Å². The summed E-state index contributed by atoms with van der Waals surface area (Å²) in [6.45, 7) is 0.625. The first kappa shape index (κ1) is 9.36. The molecule has 4 nitrogen and oxygen atoms in total. The summed E-state index contributed by atoms with van der Waals surface area (Å²) in [6.07, 6.45) is 3.01. The Morgan fingerprint density at radius 2 is 2.36 bits per heavy atom. The Labute approximate surface area is 90.0 Å². The molecule has 0 aliphatic carbocycles. The van der Waals surface area contributed by atoms with Crippen LogP contribution < -0.4 is 5.32 Å². The Balaban J connectivity index is 2.02. The van der Waals surface area contributed by atoms with Crippen molar-refractivity contribution in [1.82, 2.24) is 15.0 Å². The molecule has 1 N–H and O–H groups in total. The molecule has 0 saturated carbocycles. The highest BCUT2D eigenvalue weighted by atomic mass is 35.5. The Morgan fingerprint density at radius 3 is 3.07 bits per heavy atom. The zero-order valence-electron chi connectivity index (χ0n) is 7.14. The van der Waals surface area contributed by atoms with E-state index in [-0.39, 0.29) is 0 Å². The standard InChI is InChI=1S/C8H7ClN4S/c9-7-2-10-4-12-8(7)11-1-6-3-14-5-13-6/h2-5H,1H2,(H,10,11,12).